The molecule has 0 saturated carbocycles. The number of nitrogens with zero attached hydrogens (tertiary/aromatic N) is 4. The third kappa shape index (κ3) is 4.03. The van der Waals surface area contributed by atoms with Crippen molar-refractivity contribution >= 4 is 46.2 Å². The molecule has 4 rings (SSSR count). The number of ether oxygens (including phenoxy) is 1. The summed E-state index contributed by atoms with van der Waals surface area (Å²) in [6.45, 7) is 3.76. The summed E-state index contributed by atoms with van der Waals surface area (Å²) in [5, 5.41) is 12.7. The molecule has 0 bridgehead atoms. The highest BCUT2D eigenvalue weighted by Gasteiger charge is 2.23. The van der Waals surface area contributed by atoms with E-state index in [4.69, 9.17) is 9.26 Å². The van der Waals surface area contributed by atoms with Crippen molar-refractivity contribution in [2.45, 2.75) is 24.2 Å². The Morgan fingerprint density at radius 1 is 1.21 bits per heavy atom. The van der Waals surface area contributed by atoms with E-state index in [1.807, 2.05) is 13.8 Å². The molecule has 8 nitrogen and oxygen atoms in total. The number of amides is 1. The van der Waals surface area contributed by atoms with E-state index in [2.05, 4.69) is 27.8 Å². The molecular formula is C19H16N4O4S2. The highest BCUT2D eigenvalue weighted by atomic mass is 32.2. The van der Waals surface area contributed by atoms with Gasteiger partial charge in [0.1, 0.15) is 26.3 Å². The fraction of sp³-hybridized carbons (Fsp3) is 0.158. The average Bonchev–Trinajstić information content (AvgIpc) is 3.26. The summed E-state index contributed by atoms with van der Waals surface area (Å²) in [5.41, 5.74) is 1.42. The Labute approximate surface area is 175 Å². The molecule has 1 amide bonds. The maximum absolute atomic E-state index is 12.8. The minimum atomic E-state index is -0.549. The molecule has 4 aromatic rings. The van der Waals surface area contributed by atoms with Crippen LogP contribution in [0.25, 0.3) is 21.7 Å². The predicted molar refractivity (Wildman–Crippen MR) is 112 cm³/mol. The van der Waals surface area contributed by atoms with Crippen LogP contribution in [0.5, 0.6) is 11.6 Å². The largest absolute Gasteiger partial charge is 0.491 e. The molecule has 148 valence electrons. The molecule has 3 aromatic heterocycles. The third-order valence-electron chi connectivity index (χ3n) is 4.03. The lowest BCUT2D eigenvalue weighted by molar-refractivity contribution is 0.205. The third-order valence-corrected chi connectivity index (χ3v) is 5.17. The van der Waals surface area contributed by atoms with Gasteiger partial charge in [-0.25, -0.2) is 14.8 Å². The number of pyridine rings is 1. The lowest BCUT2D eigenvalue weighted by atomic mass is 10.2. The summed E-state index contributed by atoms with van der Waals surface area (Å²) in [5.74, 6) is 1.06. The van der Waals surface area contributed by atoms with E-state index in [0.717, 1.165) is 5.52 Å². The molecule has 1 aromatic carbocycles. The van der Waals surface area contributed by atoms with Crippen LogP contribution in [0.1, 0.15) is 13.8 Å². The molecule has 0 fully saturated rings. The summed E-state index contributed by atoms with van der Waals surface area (Å²) < 4.78 is 11.1. The standard InChI is InChI=1S/C19H16N4O4S2/c1-10(2)23(15-8-7-13-17(21-15)29-18(28)20-13)19(25)26-12-5-3-11(4-6-12)14-9-16(24)22-27-14/h3-10H,1-2H3,(H,20,28)(H,22,24). The number of rotatable bonds is 4. The number of thiol groups is 1. The second-order valence-electron chi connectivity index (χ2n) is 6.40. The van der Waals surface area contributed by atoms with Crippen molar-refractivity contribution in [2.75, 3.05) is 4.90 Å². The van der Waals surface area contributed by atoms with Gasteiger partial charge in [0.2, 0.25) is 0 Å². The summed E-state index contributed by atoms with van der Waals surface area (Å²) in [6, 6.07) is 11.5. The Kier molecular flexibility index (Phi) is 5.12. The number of carbonyl (C=O) groups excluding carboxylic acids is 1. The topological polar surface area (TPSA) is 102 Å². The maximum Gasteiger partial charge on any atom is 0.421 e. The van der Waals surface area contributed by atoms with Crippen LogP contribution in [-0.4, -0.2) is 32.4 Å². The van der Waals surface area contributed by atoms with E-state index in [9.17, 15) is 9.90 Å². The van der Waals surface area contributed by atoms with Gasteiger partial charge in [-0.05, 0) is 55.4 Å². The summed E-state index contributed by atoms with van der Waals surface area (Å²) >= 11 is 5.59. The first-order valence-electron chi connectivity index (χ1n) is 8.64. The normalized spacial score (nSPS) is 11.2. The summed E-state index contributed by atoms with van der Waals surface area (Å²) in [4.78, 5) is 23.8. The molecule has 0 radical (unpaired) electrons. The van der Waals surface area contributed by atoms with Gasteiger partial charge in [0, 0.05) is 17.7 Å². The van der Waals surface area contributed by atoms with E-state index >= 15 is 0 Å². The van der Waals surface area contributed by atoms with E-state index in [1.165, 1.54) is 22.3 Å². The zero-order chi connectivity index (χ0) is 20.5. The van der Waals surface area contributed by atoms with Crippen molar-refractivity contribution in [1.29, 1.82) is 0 Å². The number of benzene rings is 1. The van der Waals surface area contributed by atoms with Gasteiger partial charge in [-0.3, -0.25) is 4.90 Å². The van der Waals surface area contributed by atoms with Gasteiger partial charge in [-0.2, -0.15) is 0 Å². The van der Waals surface area contributed by atoms with Crippen LogP contribution >= 0.6 is 24.0 Å². The van der Waals surface area contributed by atoms with Crippen molar-refractivity contribution in [3.05, 3.63) is 42.5 Å². The van der Waals surface area contributed by atoms with Gasteiger partial charge in [0.25, 0.3) is 5.88 Å². The van der Waals surface area contributed by atoms with E-state index in [1.54, 1.807) is 36.4 Å². The van der Waals surface area contributed by atoms with Gasteiger partial charge in [0.05, 0.1) is 0 Å². The van der Waals surface area contributed by atoms with Gasteiger partial charge < -0.3 is 14.4 Å². The quantitative estimate of drug-likeness (QED) is 0.452. The van der Waals surface area contributed by atoms with E-state index in [-0.39, 0.29) is 11.9 Å². The lowest BCUT2D eigenvalue weighted by Crippen LogP contribution is -2.39. The number of fused-ring (bicyclic) bond motifs is 1. The SMILES string of the molecule is CC(C)N(C(=O)Oc1ccc(-c2cc(O)no2)cc1)c1ccc2nc(S)sc2n1. The number of anilines is 1. The molecule has 0 aliphatic heterocycles. The molecule has 0 aliphatic rings. The van der Waals surface area contributed by atoms with E-state index < -0.39 is 6.09 Å². The van der Waals surface area contributed by atoms with Gasteiger partial charge >= 0.3 is 6.09 Å². The molecule has 0 atom stereocenters. The van der Waals surface area contributed by atoms with Gasteiger partial charge in [0.15, 0.2) is 5.76 Å². The second kappa shape index (κ2) is 7.72. The molecule has 0 unspecified atom stereocenters. The lowest BCUT2D eigenvalue weighted by Gasteiger charge is -2.24. The Balaban J connectivity index is 1.55. The number of hydrogen-bond acceptors (Lipinski definition) is 9. The van der Waals surface area contributed by atoms with Crippen molar-refractivity contribution < 1.29 is 19.2 Å². The van der Waals surface area contributed by atoms with Crippen molar-refractivity contribution in [3.8, 4) is 23.0 Å². The number of thiazole rings is 1. The van der Waals surface area contributed by atoms with E-state index in [0.29, 0.717) is 32.1 Å². The molecule has 0 aliphatic carbocycles. The second-order valence-corrected chi connectivity index (χ2v) is 8.10. The van der Waals surface area contributed by atoms with Crippen molar-refractivity contribution in [2.24, 2.45) is 0 Å². The number of aromatic hydroxyl groups is 1. The Hall–Kier alpha value is -3.11. The monoisotopic (exact) mass is 428 g/mol. The van der Waals surface area contributed by atoms with Crippen LogP contribution in [0.15, 0.2) is 51.3 Å². The van der Waals surface area contributed by atoms with Gasteiger partial charge in [-0.1, -0.05) is 11.3 Å². The van der Waals surface area contributed by atoms with Crippen LogP contribution in [0.3, 0.4) is 0 Å². The van der Waals surface area contributed by atoms with Crippen LogP contribution in [0.4, 0.5) is 10.6 Å². The first-order chi connectivity index (χ1) is 13.9. The zero-order valence-electron chi connectivity index (χ0n) is 15.4. The molecule has 10 heteroatoms. The molecule has 1 N–H and O–H groups in total. The average molecular weight is 428 g/mol. The molecule has 0 spiro atoms. The first-order valence-corrected chi connectivity index (χ1v) is 9.91. The Morgan fingerprint density at radius 2 is 1.97 bits per heavy atom. The van der Waals surface area contributed by atoms with Crippen LogP contribution in [-0.2, 0) is 0 Å². The smallest absolute Gasteiger partial charge is 0.421 e. The fourth-order valence-corrected chi connectivity index (χ4v) is 3.78. The first kappa shape index (κ1) is 19.2. The predicted octanol–water partition coefficient (Wildman–Crippen LogP) is 4.75. The number of aromatic nitrogens is 3. The fourth-order valence-electron chi connectivity index (χ4n) is 2.74. The molecule has 0 saturated heterocycles. The highest BCUT2D eigenvalue weighted by molar-refractivity contribution is 7.82. The Bertz CT molecular complexity index is 1170. The zero-order valence-corrected chi connectivity index (χ0v) is 17.1. The van der Waals surface area contributed by atoms with Crippen molar-refractivity contribution in [1.82, 2.24) is 15.1 Å². The Morgan fingerprint density at radius 3 is 2.62 bits per heavy atom. The minimum absolute atomic E-state index is 0.174. The summed E-state index contributed by atoms with van der Waals surface area (Å²) in [6.07, 6.45) is -0.549. The van der Waals surface area contributed by atoms with Crippen LogP contribution in [0.2, 0.25) is 0 Å². The van der Waals surface area contributed by atoms with Gasteiger partial charge in [-0.15, -0.1) is 12.6 Å². The number of carbonyl (C=O) groups is 1. The highest BCUT2D eigenvalue weighted by Crippen LogP contribution is 2.28. The van der Waals surface area contributed by atoms with Crippen molar-refractivity contribution in [3.63, 3.8) is 0 Å². The maximum atomic E-state index is 12.8. The molecule has 3 heterocycles. The number of hydrogen-bond donors (Lipinski definition) is 2. The minimum Gasteiger partial charge on any atom is -0.491 e. The van der Waals surface area contributed by atoms with Crippen LogP contribution in [0, 0.1) is 0 Å². The molecule has 29 heavy (non-hydrogen) atoms. The summed E-state index contributed by atoms with van der Waals surface area (Å²) in [7, 11) is 0. The van der Waals surface area contributed by atoms with Crippen LogP contribution < -0.4 is 9.64 Å². The molecular weight excluding hydrogens is 412 g/mol.